The van der Waals surface area contributed by atoms with E-state index >= 15 is 0 Å². The topological polar surface area (TPSA) is 83.4 Å². The SMILES string of the molecule is N#Cc1ccc(OCC2(NC(=O)OCc3ccccc3)CNC2)cc1F. The molecule has 134 valence electrons. The van der Waals surface area contributed by atoms with Crippen LogP contribution in [0.2, 0.25) is 0 Å². The smallest absolute Gasteiger partial charge is 0.408 e. The zero-order valence-electron chi connectivity index (χ0n) is 14.0. The first-order valence-corrected chi connectivity index (χ1v) is 8.12. The van der Waals surface area contributed by atoms with Gasteiger partial charge in [-0.05, 0) is 17.7 Å². The van der Waals surface area contributed by atoms with E-state index in [-0.39, 0.29) is 18.8 Å². The molecule has 1 fully saturated rings. The highest BCUT2D eigenvalue weighted by Gasteiger charge is 2.40. The molecule has 6 nitrogen and oxygen atoms in total. The van der Waals surface area contributed by atoms with Crippen molar-refractivity contribution in [1.82, 2.24) is 10.6 Å². The molecule has 0 aromatic heterocycles. The Balaban J connectivity index is 1.53. The second-order valence-electron chi connectivity index (χ2n) is 6.11. The maximum atomic E-state index is 13.6. The highest BCUT2D eigenvalue weighted by atomic mass is 19.1. The molecule has 2 N–H and O–H groups in total. The van der Waals surface area contributed by atoms with Gasteiger partial charge in [0.25, 0.3) is 0 Å². The van der Waals surface area contributed by atoms with Gasteiger partial charge in [0, 0.05) is 19.2 Å². The van der Waals surface area contributed by atoms with Crippen LogP contribution in [0.4, 0.5) is 9.18 Å². The summed E-state index contributed by atoms with van der Waals surface area (Å²) in [6.45, 7) is 1.38. The van der Waals surface area contributed by atoms with Crippen LogP contribution in [-0.2, 0) is 11.3 Å². The first-order chi connectivity index (χ1) is 12.6. The Bertz CT molecular complexity index is 817. The Morgan fingerprint density at radius 3 is 2.65 bits per heavy atom. The van der Waals surface area contributed by atoms with E-state index < -0.39 is 17.4 Å². The van der Waals surface area contributed by atoms with Crippen molar-refractivity contribution >= 4 is 6.09 Å². The van der Waals surface area contributed by atoms with Gasteiger partial charge in [-0.2, -0.15) is 5.26 Å². The summed E-state index contributed by atoms with van der Waals surface area (Å²) in [5.74, 6) is -0.340. The highest BCUT2D eigenvalue weighted by Crippen LogP contribution is 2.19. The van der Waals surface area contributed by atoms with E-state index in [1.807, 2.05) is 30.3 Å². The fraction of sp³-hybridized carbons (Fsp3) is 0.263. The summed E-state index contributed by atoms with van der Waals surface area (Å²) < 4.78 is 24.5. The molecule has 2 aromatic rings. The van der Waals surface area contributed by atoms with E-state index in [0.29, 0.717) is 18.8 Å². The second-order valence-corrected chi connectivity index (χ2v) is 6.11. The van der Waals surface area contributed by atoms with Crippen LogP contribution in [0.1, 0.15) is 11.1 Å². The van der Waals surface area contributed by atoms with E-state index in [1.54, 1.807) is 6.07 Å². The van der Waals surface area contributed by atoms with Crippen molar-refractivity contribution in [3.63, 3.8) is 0 Å². The molecule has 1 aliphatic rings. The molecule has 2 aromatic carbocycles. The normalized spacial score (nSPS) is 14.6. The van der Waals surface area contributed by atoms with Crippen LogP contribution in [0.15, 0.2) is 48.5 Å². The van der Waals surface area contributed by atoms with Gasteiger partial charge >= 0.3 is 6.09 Å². The predicted octanol–water partition coefficient (Wildman–Crippen LogP) is 2.34. The monoisotopic (exact) mass is 355 g/mol. The lowest BCUT2D eigenvalue weighted by molar-refractivity contribution is 0.0892. The third-order valence-electron chi connectivity index (χ3n) is 4.08. The van der Waals surface area contributed by atoms with E-state index in [9.17, 15) is 9.18 Å². The Labute approximate surface area is 150 Å². The van der Waals surface area contributed by atoms with Gasteiger partial charge in [0.05, 0.1) is 5.56 Å². The molecule has 0 aliphatic carbocycles. The quantitative estimate of drug-likeness (QED) is 0.831. The molecule has 0 atom stereocenters. The number of amides is 1. The number of hydrogen-bond acceptors (Lipinski definition) is 5. The van der Waals surface area contributed by atoms with Crippen LogP contribution in [0.25, 0.3) is 0 Å². The third kappa shape index (κ3) is 4.29. The number of alkyl carbamates (subject to hydrolysis) is 1. The van der Waals surface area contributed by atoms with Crippen LogP contribution >= 0.6 is 0 Å². The van der Waals surface area contributed by atoms with Crippen LogP contribution in [-0.4, -0.2) is 31.3 Å². The largest absolute Gasteiger partial charge is 0.491 e. The van der Waals surface area contributed by atoms with Gasteiger partial charge in [-0.1, -0.05) is 30.3 Å². The predicted molar refractivity (Wildman–Crippen MR) is 92.0 cm³/mol. The highest BCUT2D eigenvalue weighted by molar-refractivity contribution is 5.68. The number of nitrogens with zero attached hydrogens (tertiary/aromatic N) is 1. The standard InChI is InChI=1S/C19H18FN3O3/c20-17-8-16(7-6-15(17)9-21)26-13-19(11-22-12-19)23-18(24)25-10-14-4-2-1-3-5-14/h1-8,22H,10-13H2,(H,23,24). The second kappa shape index (κ2) is 7.85. The summed E-state index contributed by atoms with van der Waals surface area (Å²) in [5, 5.41) is 14.6. The molecule has 0 saturated carbocycles. The van der Waals surface area contributed by atoms with Crippen LogP contribution in [0.5, 0.6) is 5.75 Å². The summed E-state index contributed by atoms with van der Waals surface area (Å²) in [6.07, 6.45) is -0.537. The molecule has 0 spiro atoms. The Morgan fingerprint density at radius 1 is 1.27 bits per heavy atom. The number of carbonyl (C=O) groups is 1. The van der Waals surface area contributed by atoms with Crippen molar-refractivity contribution in [1.29, 1.82) is 5.26 Å². The summed E-state index contributed by atoms with van der Waals surface area (Å²) >= 11 is 0. The average Bonchev–Trinajstić information content (AvgIpc) is 2.63. The number of nitriles is 1. The summed E-state index contributed by atoms with van der Waals surface area (Å²) in [6, 6.07) is 15.2. The lowest BCUT2D eigenvalue weighted by atomic mass is 9.94. The van der Waals surface area contributed by atoms with Gasteiger partial charge in [-0.3, -0.25) is 0 Å². The van der Waals surface area contributed by atoms with Gasteiger partial charge in [0.1, 0.15) is 36.4 Å². The third-order valence-corrected chi connectivity index (χ3v) is 4.08. The average molecular weight is 355 g/mol. The lowest BCUT2D eigenvalue weighted by Gasteiger charge is -2.42. The first-order valence-electron chi connectivity index (χ1n) is 8.12. The molecule has 3 rings (SSSR count). The number of halogens is 1. The number of benzene rings is 2. The molecule has 0 unspecified atom stereocenters. The molecule has 1 amide bonds. The summed E-state index contributed by atoms with van der Waals surface area (Å²) in [7, 11) is 0. The fourth-order valence-electron chi connectivity index (χ4n) is 2.53. The van der Waals surface area contributed by atoms with Crippen molar-refractivity contribution in [2.75, 3.05) is 19.7 Å². The minimum atomic E-state index is -0.638. The number of ether oxygens (including phenoxy) is 2. The zero-order chi connectivity index (χ0) is 18.4. The Hall–Kier alpha value is -3.11. The van der Waals surface area contributed by atoms with E-state index in [2.05, 4.69) is 10.6 Å². The molecule has 0 bridgehead atoms. The van der Waals surface area contributed by atoms with Gasteiger partial charge in [-0.15, -0.1) is 0 Å². The van der Waals surface area contributed by atoms with E-state index in [4.69, 9.17) is 14.7 Å². The number of rotatable bonds is 6. The zero-order valence-corrected chi connectivity index (χ0v) is 14.0. The summed E-state index contributed by atoms with van der Waals surface area (Å²) in [4.78, 5) is 12.1. The van der Waals surface area contributed by atoms with Gasteiger partial charge < -0.3 is 20.1 Å². The summed E-state index contributed by atoms with van der Waals surface area (Å²) in [5.41, 5.74) is 0.241. The maximum absolute atomic E-state index is 13.6. The maximum Gasteiger partial charge on any atom is 0.408 e. The van der Waals surface area contributed by atoms with Crippen molar-refractivity contribution in [3.8, 4) is 11.8 Å². The molecular weight excluding hydrogens is 337 g/mol. The molecular formula is C19H18FN3O3. The molecule has 26 heavy (non-hydrogen) atoms. The molecule has 7 heteroatoms. The molecule has 1 saturated heterocycles. The number of hydrogen-bond donors (Lipinski definition) is 2. The minimum Gasteiger partial charge on any atom is -0.491 e. The van der Waals surface area contributed by atoms with Crippen molar-refractivity contribution in [3.05, 3.63) is 65.5 Å². The van der Waals surface area contributed by atoms with E-state index in [0.717, 1.165) is 11.6 Å². The van der Waals surface area contributed by atoms with E-state index in [1.165, 1.54) is 12.1 Å². The fourth-order valence-corrected chi connectivity index (χ4v) is 2.53. The Morgan fingerprint density at radius 2 is 2.04 bits per heavy atom. The van der Waals surface area contributed by atoms with Gasteiger partial charge in [-0.25, -0.2) is 9.18 Å². The van der Waals surface area contributed by atoms with Crippen LogP contribution in [0.3, 0.4) is 0 Å². The van der Waals surface area contributed by atoms with Gasteiger partial charge in [0.2, 0.25) is 0 Å². The number of nitrogens with one attached hydrogen (secondary N) is 2. The Kier molecular flexibility index (Phi) is 5.34. The molecule has 1 aliphatic heterocycles. The minimum absolute atomic E-state index is 0.0417. The molecule has 0 radical (unpaired) electrons. The van der Waals surface area contributed by atoms with Crippen LogP contribution in [0, 0.1) is 17.1 Å². The van der Waals surface area contributed by atoms with Crippen molar-refractivity contribution < 1.29 is 18.7 Å². The van der Waals surface area contributed by atoms with Gasteiger partial charge in [0.15, 0.2) is 0 Å². The van der Waals surface area contributed by atoms with Crippen LogP contribution < -0.4 is 15.4 Å². The van der Waals surface area contributed by atoms with Crippen molar-refractivity contribution in [2.45, 2.75) is 12.1 Å². The first kappa shape index (κ1) is 17.7. The van der Waals surface area contributed by atoms with Crippen molar-refractivity contribution in [2.24, 2.45) is 0 Å². The lowest BCUT2D eigenvalue weighted by Crippen LogP contribution is -2.71. The number of carbonyl (C=O) groups excluding carboxylic acids is 1. The molecule has 1 heterocycles.